The van der Waals surface area contributed by atoms with Gasteiger partial charge in [-0.2, -0.15) is 0 Å². The Bertz CT molecular complexity index is 880. The second-order valence-electron chi connectivity index (χ2n) is 7.20. The second-order valence-corrected chi connectivity index (χ2v) is 8.32. The molecule has 0 bridgehead atoms. The maximum absolute atomic E-state index is 13.9. The van der Waals surface area contributed by atoms with Gasteiger partial charge in [0.15, 0.2) is 0 Å². The zero-order valence-corrected chi connectivity index (χ0v) is 17.1. The minimum absolute atomic E-state index is 0.0543. The van der Waals surface area contributed by atoms with Gasteiger partial charge in [-0.05, 0) is 56.6 Å². The van der Waals surface area contributed by atoms with Crippen LogP contribution in [0, 0.1) is 11.7 Å². The van der Waals surface area contributed by atoms with Crippen molar-refractivity contribution in [2.45, 2.75) is 19.3 Å². The fourth-order valence-corrected chi connectivity index (χ4v) is 4.41. The minimum Gasteiger partial charge on any atom is -0.369 e. The molecule has 0 saturated carbocycles. The number of nitrogens with one attached hydrogen (secondary N) is 1. The van der Waals surface area contributed by atoms with E-state index in [0.717, 1.165) is 42.1 Å². The van der Waals surface area contributed by atoms with E-state index in [-0.39, 0.29) is 23.5 Å². The second kappa shape index (κ2) is 10.3. The lowest BCUT2D eigenvalue weighted by Gasteiger charge is -2.31. The van der Waals surface area contributed by atoms with Gasteiger partial charge in [0.2, 0.25) is 11.8 Å². The van der Waals surface area contributed by atoms with E-state index in [1.54, 1.807) is 24.3 Å². The minimum atomic E-state index is -0.251. The van der Waals surface area contributed by atoms with E-state index in [0.29, 0.717) is 18.7 Å². The summed E-state index contributed by atoms with van der Waals surface area (Å²) in [5, 5.41) is 2.87. The molecule has 2 heterocycles. The Hall–Kier alpha value is -2.51. The first kappa shape index (κ1) is 21.2. The molecular weight excluding hydrogens is 389 g/mol. The number of thiophene rings is 1. The number of amides is 2. The molecule has 1 unspecified atom stereocenters. The third-order valence-electron chi connectivity index (χ3n) is 5.02. The number of hydrogen-bond donors (Lipinski definition) is 2. The zero-order valence-electron chi connectivity index (χ0n) is 16.3. The van der Waals surface area contributed by atoms with E-state index in [1.165, 1.54) is 23.5 Å². The third kappa shape index (κ3) is 6.24. The number of carbonyl (C=O) groups is 2. The highest BCUT2D eigenvalue weighted by atomic mass is 32.1. The SMILES string of the molecule is NC(=O)C1CCCN(CCCNC(=O)/C=C/c2ccc(-c3ccccc3F)s2)C1. The predicted molar refractivity (Wildman–Crippen MR) is 115 cm³/mol. The molecule has 2 aromatic rings. The first-order valence-corrected chi connectivity index (χ1v) is 10.7. The van der Waals surface area contributed by atoms with Crippen LogP contribution in [0.5, 0.6) is 0 Å². The highest BCUT2D eigenvalue weighted by Crippen LogP contribution is 2.30. The van der Waals surface area contributed by atoms with Crippen LogP contribution < -0.4 is 11.1 Å². The van der Waals surface area contributed by atoms with Crippen molar-refractivity contribution in [3.63, 3.8) is 0 Å². The number of carbonyl (C=O) groups excluding carboxylic acids is 2. The van der Waals surface area contributed by atoms with Gasteiger partial charge in [0.05, 0.1) is 5.92 Å². The Balaban J connectivity index is 1.40. The van der Waals surface area contributed by atoms with Gasteiger partial charge in [-0.3, -0.25) is 9.59 Å². The molecular formula is C22H26FN3O2S. The summed E-state index contributed by atoms with van der Waals surface area (Å²) in [5.74, 6) is -0.681. The standard InChI is InChI=1S/C22H26FN3O2S/c23-19-7-2-1-6-18(19)20-10-8-17(29-20)9-11-21(27)25-12-4-14-26-13-3-5-16(15-26)22(24)28/h1-2,6-11,16H,3-5,12-15H2,(H2,24,28)(H,25,27)/b11-9+. The summed E-state index contributed by atoms with van der Waals surface area (Å²) < 4.78 is 13.9. The van der Waals surface area contributed by atoms with Crippen LogP contribution in [0.25, 0.3) is 16.5 Å². The third-order valence-corrected chi connectivity index (χ3v) is 6.11. The molecule has 1 fully saturated rings. The van der Waals surface area contributed by atoms with E-state index in [2.05, 4.69) is 10.2 Å². The number of nitrogens with zero attached hydrogens (tertiary/aromatic N) is 1. The Kier molecular flexibility index (Phi) is 7.55. The van der Waals surface area contributed by atoms with Gasteiger partial charge in [-0.15, -0.1) is 11.3 Å². The molecule has 0 spiro atoms. The van der Waals surface area contributed by atoms with E-state index in [4.69, 9.17) is 5.73 Å². The monoisotopic (exact) mass is 415 g/mol. The molecule has 5 nitrogen and oxygen atoms in total. The van der Waals surface area contributed by atoms with Crippen LogP contribution in [-0.4, -0.2) is 42.9 Å². The average Bonchev–Trinajstić information content (AvgIpc) is 3.19. The Morgan fingerprint density at radius 1 is 1.28 bits per heavy atom. The summed E-state index contributed by atoms with van der Waals surface area (Å²) in [6.45, 7) is 3.10. The van der Waals surface area contributed by atoms with Crippen LogP contribution in [0.3, 0.4) is 0 Å². The van der Waals surface area contributed by atoms with Gasteiger partial charge in [-0.25, -0.2) is 4.39 Å². The van der Waals surface area contributed by atoms with Crippen molar-refractivity contribution in [3.8, 4) is 10.4 Å². The van der Waals surface area contributed by atoms with Crippen LogP contribution in [0.4, 0.5) is 4.39 Å². The lowest BCUT2D eigenvalue weighted by molar-refractivity contribution is -0.123. The molecule has 1 aromatic heterocycles. The number of nitrogens with two attached hydrogens (primary N) is 1. The molecule has 3 rings (SSSR count). The highest BCUT2D eigenvalue weighted by molar-refractivity contribution is 7.16. The van der Waals surface area contributed by atoms with Crippen LogP contribution in [0.2, 0.25) is 0 Å². The maximum Gasteiger partial charge on any atom is 0.244 e. The molecule has 1 atom stereocenters. The first-order chi connectivity index (χ1) is 14.0. The van der Waals surface area contributed by atoms with Gasteiger partial charge in [0, 0.05) is 34.5 Å². The van der Waals surface area contributed by atoms with Crippen molar-refractivity contribution < 1.29 is 14.0 Å². The van der Waals surface area contributed by atoms with Gasteiger partial charge in [0.1, 0.15) is 5.82 Å². The number of benzene rings is 1. The van der Waals surface area contributed by atoms with Gasteiger partial charge < -0.3 is 16.0 Å². The highest BCUT2D eigenvalue weighted by Gasteiger charge is 2.23. The van der Waals surface area contributed by atoms with Crippen molar-refractivity contribution in [1.82, 2.24) is 10.2 Å². The Morgan fingerprint density at radius 2 is 2.10 bits per heavy atom. The molecule has 154 valence electrons. The van der Waals surface area contributed by atoms with Gasteiger partial charge in [0.25, 0.3) is 0 Å². The summed E-state index contributed by atoms with van der Waals surface area (Å²) in [6, 6.07) is 10.4. The number of halogens is 1. The molecule has 29 heavy (non-hydrogen) atoms. The average molecular weight is 416 g/mol. The largest absolute Gasteiger partial charge is 0.369 e. The van der Waals surface area contributed by atoms with Crippen LogP contribution in [-0.2, 0) is 9.59 Å². The van der Waals surface area contributed by atoms with E-state index < -0.39 is 0 Å². The molecule has 0 radical (unpaired) electrons. The van der Waals surface area contributed by atoms with Crippen molar-refractivity contribution in [2.24, 2.45) is 11.7 Å². The van der Waals surface area contributed by atoms with E-state index in [9.17, 15) is 14.0 Å². The van der Waals surface area contributed by atoms with E-state index in [1.807, 2.05) is 12.1 Å². The summed E-state index contributed by atoms with van der Waals surface area (Å²) in [6.07, 6.45) is 5.92. The summed E-state index contributed by atoms with van der Waals surface area (Å²) in [4.78, 5) is 27.3. The fraction of sp³-hybridized carbons (Fsp3) is 0.364. The van der Waals surface area contributed by atoms with Gasteiger partial charge in [-0.1, -0.05) is 18.2 Å². The summed E-state index contributed by atoms with van der Waals surface area (Å²) in [7, 11) is 0. The molecule has 1 aromatic carbocycles. The van der Waals surface area contributed by atoms with Crippen molar-refractivity contribution in [3.05, 3.63) is 53.2 Å². The lowest BCUT2D eigenvalue weighted by Crippen LogP contribution is -2.42. The number of hydrogen-bond acceptors (Lipinski definition) is 4. The maximum atomic E-state index is 13.9. The summed E-state index contributed by atoms with van der Waals surface area (Å²) >= 11 is 1.44. The molecule has 2 amide bonds. The molecule has 1 aliphatic heterocycles. The molecule has 0 aliphatic carbocycles. The fourth-order valence-electron chi connectivity index (χ4n) is 3.47. The topological polar surface area (TPSA) is 75.4 Å². The number of rotatable bonds is 8. The summed E-state index contributed by atoms with van der Waals surface area (Å²) in [5.41, 5.74) is 5.97. The van der Waals surface area contributed by atoms with Crippen molar-refractivity contribution in [2.75, 3.05) is 26.2 Å². The van der Waals surface area contributed by atoms with Crippen LogP contribution in [0.15, 0.2) is 42.5 Å². The normalized spacial score (nSPS) is 17.5. The van der Waals surface area contributed by atoms with Crippen LogP contribution in [0.1, 0.15) is 24.1 Å². The number of primary amides is 1. The van der Waals surface area contributed by atoms with E-state index >= 15 is 0 Å². The molecule has 7 heteroatoms. The smallest absolute Gasteiger partial charge is 0.244 e. The number of piperidine rings is 1. The Labute approximate surface area is 174 Å². The first-order valence-electron chi connectivity index (χ1n) is 9.85. The Morgan fingerprint density at radius 3 is 2.90 bits per heavy atom. The lowest BCUT2D eigenvalue weighted by atomic mass is 9.97. The molecule has 3 N–H and O–H groups in total. The van der Waals surface area contributed by atoms with Crippen LogP contribution >= 0.6 is 11.3 Å². The zero-order chi connectivity index (χ0) is 20.6. The predicted octanol–water partition coefficient (Wildman–Crippen LogP) is 3.27. The van der Waals surface area contributed by atoms with Crippen molar-refractivity contribution in [1.29, 1.82) is 0 Å². The molecule has 1 saturated heterocycles. The van der Waals surface area contributed by atoms with Gasteiger partial charge >= 0.3 is 0 Å². The van der Waals surface area contributed by atoms with Crippen molar-refractivity contribution >= 4 is 29.2 Å². The quantitative estimate of drug-likeness (QED) is 0.513. The molecule has 1 aliphatic rings. The number of likely N-dealkylation sites (tertiary alicyclic amines) is 1.